The molecular formula is C42H48N12O6. The Morgan fingerprint density at radius 2 is 1.07 bits per heavy atom. The molecule has 2 aliphatic rings. The molecule has 2 fully saturated rings. The van der Waals surface area contributed by atoms with E-state index in [1.165, 1.54) is 14.2 Å². The van der Waals surface area contributed by atoms with Crippen LogP contribution in [0.1, 0.15) is 77.1 Å². The van der Waals surface area contributed by atoms with Gasteiger partial charge in [-0.25, -0.2) is 39.5 Å². The van der Waals surface area contributed by atoms with Crippen LogP contribution in [-0.4, -0.2) is 113 Å². The van der Waals surface area contributed by atoms with Crippen LogP contribution in [0.3, 0.4) is 0 Å². The molecule has 6 aromatic rings. The lowest BCUT2D eigenvalue weighted by Gasteiger charge is -2.29. The van der Waals surface area contributed by atoms with Crippen molar-refractivity contribution >= 4 is 57.4 Å². The van der Waals surface area contributed by atoms with Crippen LogP contribution >= 0.6 is 0 Å². The number of H-pyrrole nitrogens is 2. The highest BCUT2D eigenvalue weighted by atomic mass is 16.5. The van der Waals surface area contributed by atoms with Crippen molar-refractivity contribution in [3.05, 3.63) is 60.4 Å². The summed E-state index contributed by atoms with van der Waals surface area (Å²) >= 11 is 0. The highest BCUT2D eigenvalue weighted by molar-refractivity contribution is 5.91. The molecule has 2 aliphatic heterocycles. The number of rotatable bonds is 10. The molecule has 0 radical (unpaired) electrons. The number of methoxy groups -OCH3 is 2. The lowest BCUT2D eigenvalue weighted by atomic mass is 10.0. The average Bonchev–Trinajstić information content (AvgIpc) is 4.08. The summed E-state index contributed by atoms with van der Waals surface area (Å²) in [5.74, 6) is 0.563. The van der Waals surface area contributed by atoms with E-state index < -0.39 is 24.3 Å². The summed E-state index contributed by atoms with van der Waals surface area (Å²) in [5.41, 5.74) is 5.02. The third-order valence-corrected chi connectivity index (χ3v) is 11.4. The molecule has 2 aromatic carbocycles. The number of carbonyl (C=O) groups is 4. The molecule has 312 valence electrons. The number of ether oxygens (including phenoxy) is 2. The zero-order valence-electron chi connectivity index (χ0n) is 34.4. The van der Waals surface area contributed by atoms with Gasteiger partial charge in [-0.15, -0.1) is 0 Å². The second kappa shape index (κ2) is 16.5. The Bertz CT molecular complexity index is 2430. The molecule has 4 amide bonds. The zero-order valence-corrected chi connectivity index (χ0v) is 34.4. The van der Waals surface area contributed by atoms with E-state index in [2.05, 4.69) is 42.7 Å². The molecule has 6 heterocycles. The molecule has 18 nitrogen and oxygen atoms in total. The summed E-state index contributed by atoms with van der Waals surface area (Å²) in [7, 11) is 2.55. The van der Waals surface area contributed by atoms with Crippen LogP contribution in [0.4, 0.5) is 9.59 Å². The third-order valence-electron chi connectivity index (χ3n) is 11.4. The second-order valence-electron chi connectivity index (χ2n) is 16.0. The van der Waals surface area contributed by atoms with E-state index in [0.717, 1.165) is 47.6 Å². The standard InChI is InChI=1S/C42H48N12O6/c1-21(2)31(47-41(57)59-5)39(55)53-15-7-9-29(53)33-49-35-37(51-33)45-27(19-43-35)25-13-11-24-18-26(14-12-23(24)17-25)28-20-44-36-38(46-28)52-34(50-36)30-10-8-16-54(30)40(56)32(22(3)4)48-42(58)60-6/h11-14,17-22,29-32H,7-10,15-16H2,1-6H3,(H,47,57)(H,48,58)(H,43,45,49,51)(H,44,46,50,52)/t29-,30-,31-,32-/m0/s1. The summed E-state index contributed by atoms with van der Waals surface area (Å²) < 4.78 is 9.52. The minimum absolute atomic E-state index is 0.139. The van der Waals surface area contributed by atoms with Crippen LogP contribution < -0.4 is 10.6 Å². The largest absolute Gasteiger partial charge is 0.453 e. The third kappa shape index (κ3) is 7.76. The Morgan fingerprint density at radius 3 is 1.45 bits per heavy atom. The van der Waals surface area contributed by atoms with Crippen molar-refractivity contribution in [1.82, 2.24) is 60.3 Å². The Morgan fingerprint density at radius 1 is 0.650 bits per heavy atom. The van der Waals surface area contributed by atoms with Crippen molar-refractivity contribution in [1.29, 1.82) is 0 Å². The summed E-state index contributed by atoms with van der Waals surface area (Å²) in [4.78, 5) is 89.8. The first-order valence-corrected chi connectivity index (χ1v) is 20.2. The quantitative estimate of drug-likeness (QED) is 0.133. The predicted octanol–water partition coefficient (Wildman–Crippen LogP) is 5.59. The Kier molecular flexibility index (Phi) is 11.0. The number of carbonyl (C=O) groups excluding carboxylic acids is 4. The number of nitrogens with one attached hydrogen (secondary N) is 4. The fourth-order valence-corrected chi connectivity index (χ4v) is 8.17. The van der Waals surface area contributed by atoms with Gasteiger partial charge in [0.15, 0.2) is 22.6 Å². The fraction of sp³-hybridized carbons (Fsp3) is 0.429. The SMILES string of the molecule is COC(=O)N[C@H](C(=O)N1CCC[C@H]1c1nc2ncc(-c3ccc4cc(-c5cnc6nc([C@@H]7CCCN7C(=O)[C@@H](NC(=O)OC)C(C)C)[nH]c6n5)ccc4c3)nc2[nH]1)C(C)C. The van der Waals surface area contributed by atoms with Gasteiger partial charge in [0, 0.05) is 24.2 Å². The molecule has 2 saturated heterocycles. The summed E-state index contributed by atoms with van der Waals surface area (Å²) in [6, 6.07) is 10.1. The Hall–Kier alpha value is -6.72. The molecule has 0 unspecified atom stereocenters. The van der Waals surface area contributed by atoms with Crippen molar-refractivity contribution in [2.24, 2.45) is 11.8 Å². The van der Waals surface area contributed by atoms with Crippen molar-refractivity contribution in [2.45, 2.75) is 77.5 Å². The van der Waals surface area contributed by atoms with Crippen LogP contribution in [0.5, 0.6) is 0 Å². The van der Waals surface area contributed by atoms with Gasteiger partial charge in [0.2, 0.25) is 11.8 Å². The number of imidazole rings is 2. The normalized spacial score (nSPS) is 17.8. The van der Waals surface area contributed by atoms with Crippen LogP contribution in [0.15, 0.2) is 48.8 Å². The van der Waals surface area contributed by atoms with Gasteiger partial charge in [-0.3, -0.25) is 9.59 Å². The summed E-state index contributed by atoms with van der Waals surface area (Å²) in [6.07, 6.45) is 5.13. The van der Waals surface area contributed by atoms with E-state index in [1.807, 2.05) is 52.0 Å². The van der Waals surface area contributed by atoms with Crippen LogP contribution in [-0.2, 0) is 19.1 Å². The molecule has 0 bridgehead atoms. The molecule has 0 spiro atoms. The minimum atomic E-state index is -0.730. The van der Waals surface area contributed by atoms with Crippen molar-refractivity contribution in [3.63, 3.8) is 0 Å². The van der Waals surface area contributed by atoms with Gasteiger partial charge in [-0.05, 0) is 60.4 Å². The Labute approximate surface area is 345 Å². The molecule has 8 rings (SSSR count). The lowest BCUT2D eigenvalue weighted by molar-refractivity contribution is -0.136. The maximum absolute atomic E-state index is 13.6. The molecule has 4 N–H and O–H groups in total. The Balaban J connectivity index is 0.993. The molecule has 0 saturated carbocycles. The van der Waals surface area contributed by atoms with Gasteiger partial charge in [-0.2, -0.15) is 0 Å². The van der Waals surface area contributed by atoms with Gasteiger partial charge in [0.05, 0.1) is 50.1 Å². The number of likely N-dealkylation sites (tertiary alicyclic amines) is 2. The minimum Gasteiger partial charge on any atom is -0.453 e. The van der Waals surface area contributed by atoms with Gasteiger partial charge in [0.1, 0.15) is 23.7 Å². The van der Waals surface area contributed by atoms with Crippen LogP contribution in [0, 0.1) is 11.8 Å². The molecule has 0 aliphatic carbocycles. The molecule has 18 heteroatoms. The van der Waals surface area contributed by atoms with E-state index in [-0.39, 0.29) is 35.7 Å². The van der Waals surface area contributed by atoms with Crippen molar-refractivity contribution < 1.29 is 28.7 Å². The predicted molar refractivity (Wildman–Crippen MR) is 221 cm³/mol. The second-order valence-corrected chi connectivity index (χ2v) is 16.0. The van der Waals surface area contributed by atoms with Gasteiger partial charge >= 0.3 is 12.2 Å². The number of fused-ring (bicyclic) bond motifs is 3. The first kappa shape index (κ1) is 40.1. The van der Waals surface area contributed by atoms with Crippen molar-refractivity contribution in [3.8, 4) is 22.5 Å². The number of aromatic nitrogens is 8. The number of benzene rings is 2. The molecule has 60 heavy (non-hydrogen) atoms. The molecule has 4 atom stereocenters. The number of hydrogen-bond acceptors (Lipinski definition) is 12. The highest BCUT2D eigenvalue weighted by Gasteiger charge is 2.39. The van der Waals surface area contributed by atoms with Gasteiger partial charge in [-0.1, -0.05) is 52.0 Å². The maximum atomic E-state index is 13.6. The summed E-state index contributed by atoms with van der Waals surface area (Å²) in [5, 5.41) is 7.35. The van der Waals surface area contributed by atoms with Crippen molar-refractivity contribution in [2.75, 3.05) is 27.3 Å². The number of nitrogens with zero attached hydrogens (tertiary/aromatic N) is 8. The van der Waals surface area contributed by atoms with Crippen LogP contribution in [0.2, 0.25) is 0 Å². The summed E-state index contributed by atoms with van der Waals surface area (Å²) in [6.45, 7) is 8.62. The topological polar surface area (TPSA) is 226 Å². The van der Waals surface area contributed by atoms with E-state index in [4.69, 9.17) is 29.4 Å². The first-order valence-electron chi connectivity index (χ1n) is 20.2. The zero-order chi connectivity index (χ0) is 42.2. The van der Waals surface area contributed by atoms with E-state index in [9.17, 15) is 19.2 Å². The fourth-order valence-electron chi connectivity index (χ4n) is 8.17. The maximum Gasteiger partial charge on any atom is 0.407 e. The lowest BCUT2D eigenvalue weighted by Crippen LogP contribution is -2.51. The average molecular weight is 817 g/mol. The first-order chi connectivity index (χ1) is 28.9. The van der Waals surface area contributed by atoms with Gasteiger partial charge in [0.25, 0.3) is 0 Å². The number of amides is 4. The number of aromatic amines is 2. The smallest absolute Gasteiger partial charge is 0.407 e. The monoisotopic (exact) mass is 816 g/mol. The molecular weight excluding hydrogens is 769 g/mol. The number of alkyl carbamates (subject to hydrolysis) is 2. The number of hydrogen-bond donors (Lipinski definition) is 4. The van der Waals surface area contributed by atoms with E-state index in [1.54, 1.807) is 22.2 Å². The van der Waals surface area contributed by atoms with Crippen LogP contribution in [0.25, 0.3) is 55.9 Å². The highest BCUT2D eigenvalue weighted by Crippen LogP contribution is 2.35. The van der Waals surface area contributed by atoms with E-state index >= 15 is 0 Å². The van der Waals surface area contributed by atoms with E-state index in [0.29, 0.717) is 58.7 Å². The van der Waals surface area contributed by atoms with Gasteiger partial charge < -0.3 is 39.9 Å². The molecule has 4 aromatic heterocycles.